The zero-order chi connectivity index (χ0) is 12.3. The molecule has 0 amide bonds. The molecule has 16 heavy (non-hydrogen) atoms. The summed E-state index contributed by atoms with van der Waals surface area (Å²) in [7, 11) is 2.16. The standard InChI is InChI=1S/C13H24N2S/c1-10(14)12(13(2,3)4)15(5)8-11-6-7-16-9-11/h6-7,9-10,12H,8,14H2,1-5H3. The van der Waals surface area contributed by atoms with E-state index >= 15 is 0 Å². The molecule has 0 radical (unpaired) electrons. The minimum atomic E-state index is 0.184. The summed E-state index contributed by atoms with van der Waals surface area (Å²) in [5.41, 5.74) is 7.70. The maximum absolute atomic E-state index is 6.11. The van der Waals surface area contributed by atoms with Gasteiger partial charge in [0, 0.05) is 18.6 Å². The van der Waals surface area contributed by atoms with Crippen molar-refractivity contribution in [3.63, 3.8) is 0 Å². The average molecular weight is 240 g/mol. The molecule has 0 spiro atoms. The first-order valence-corrected chi connectivity index (χ1v) is 6.73. The first-order valence-electron chi connectivity index (χ1n) is 5.79. The Morgan fingerprint density at radius 1 is 1.44 bits per heavy atom. The van der Waals surface area contributed by atoms with Crippen molar-refractivity contribution >= 4 is 11.3 Å². The van der Waals surface area contributed by atoms with E-state index in [1.807, 2.05) is 0 Å². The molecule has 1 heterocycles. The minimum absolute atomic E-state index is 0.184. The van der Waals surface area contributed by atoms with Gasteiger partial charge in [0.15, 0.2) is 0 Å². The van der Waals surface area contributed by atoms with E-state index < -0.39 is 0 Å². The van der Waals surface area contributed by atoms with E-state index in [9.17, 15) is 0 Å². The second kappa shape index (κ2) is 5.30. The van der Waals surface area contributed by atoms with Gasteiger partial charge in [-0.25, -0.2) is 0 Å². The van der Waals surface area contributed by atoms with Gasteiger partial charge in [0.1, 0.15) is 0 Å². The van der Waals surface area contributed by atoms with E-state index in [4.69, 9.17) is 5.73 Å². The fourth-order valence-corrected chi connectivity index (χ4v) is 3.28. The van der Waals surface area contributed by atoms with E-state index in [0.717, 1.165) is 6.54 Å². The molecule has 0 fully saturated rings. The maximum atomic E-state index is 6.11. The fraction of sp³-hybridized carbons (Fsp3) is 0.692. The molecule has 0 saturated carbocycles. The number of hydrogen-bond acceptors (Lipinski definition) is 3. The molecule has 0 aliphatic rings. The number of nitrogens with zero attached hydrogens (tertiary/aromatic N) is 1. The van der Waals surface area contributed by atoms with Gasteiger partial charge in [0.25, 0.3) is 0 Å². The van der Waals surface area contributed by atoms with E-state index in [1.54, 1.807) is 11.3 Å². The van der Waals surface area contributed by atoms with Crippen LogP contribution < -0.4 is 5.73 Å². The number of rotatable bonds is 4. The predicted molar refractivity (Wildman–Crippen MR) is 72.7 cm³/mol. The van der Waals surface area contributed by atoms with Crippen LogP contribution in [0.1, 0.15) is 33.3 Å². The minimum Gasteiger partial charge on any atom is -0.327 e. The first-order chi connectivity index (χ1) is 7.32. The van der Waals surface area contributed by atoms with Crippen molar-refractivity contribution in [1.29, 1.82) is 0 Å². The highest BCUT2D eigenvalue weighted by molar-refractivity contribution is 7.07. The van der Waals surface area contributed by atoms with Crippen LogP contribution in [-0.4, -0.2) is 24.0 Å². The molecule has 3 heteroatoms. The van der Waals surface area contributed by atoms with E-state index in [-0.39, 0.29) is 11.5 Å². The van der Waals surface area contributed by atoms with Crippen LogP contribution >= 0.6 is 11.3 Å². The van der Waals surface area contributed by atoms with Crippen LogP contribution in [0.4, 0.5) is 0 Å². The van der Waals surface area contributed by atoms with Gasteiger partial charge >= 0.3 is 0 Å². The molecule has 0 bridgehead atoms. The summed E-state index contributed by atoms with van der Waals surface area (Å²) in [6, 6.07) is 2.76. The molecule has 2 N–H and O–H groups in total. The van der Waals surface area contributed by atoms with Crippen LogP contribution in [0.25, 0.3) is 0 Å². The Balaban J connectivity index is 2.72. The summed E-state index contributed by atoms with van der Waals surface area (Å²) in [5.74, 6) is 0. The molecule has 2 nitrogen and oxygen atoms in total. The molecule has 2 unspecified atom stereocenters. The average Bonchev–Trinajstić information content (AvgIpc) is 2.52. The molecule has 1 rings (SSSR count). The Bertz CT molecular complexity index is 298. The van der Waals surface area contributed by atoms with Gasteiger partial charge in [-0.3, -0.25) is 4.90 Å². The Kier molecular flexibility index (Phi) is 4.53. The quantitative estimate of drug-likeness (QED) is 0.877. The predicted octanol–water partition coefficient (Wildman–Crippen LogP) is 2.94. The van der Waals surface area contributed by atoms with Crippen LogP contribution in [0.5, 0.6) is 0 Å². The smallest absolute Gasteiger partial charge is 0.0293 e. The van der Waals surface area contributed by atoms with E-state index in [1.165, 1.54) is 5.56 Å². The molecular weight excluding hydrogens is 216 g/mol. The zero-order valence-electron chi connectivity index (χ0n) is 11.0. The number of likely N-dealkylation sites (N-methyl/N-ethyl adjacent to an activating group) is 1. The van der Waals surface area contributed by atoms with Gasteiger partial charge in [0.05, 0.1) is 0 Å². The molecule has 0 aromatic carbocycles. The second-order valence-corrected chi connectivity index (χ2v) is 6.50. The van der Waals surface area contributed by atoms with Crippen molar-refractivity contribution in [3.8, 4) is 0 Å². The molecule has 0 aliphatic heterocycles. The Morgan fingerprint density at radius 3 is 2.44 bits per heavy atom. The van der Waals surface area contributed by atoms with Crippen molar-refractivity contribution in [2.75, 3.05) is 7.05 Å². The molecular formula is C13H24N2S. The van der Waals surface area contributed by atoms with Gasteiger partial charge in [0.2, 0.25) is 0 Å². The lowest BCUT2D eigenvalue weighted by Crippen LogP contribution is -2.51. The summed E-state index contributed by atoms with van der Waals surface area (Å²) in [6.07, 6.45) is 0. The topological polar surface area (TPSA) is 29.3 Å². The van der Waals surface area contributed by atoms with Gasteiger partial charge < -0.3 is 5.73 Å². The highest BCUT2D eigenvalue weighted by Gasteiger charge is 2.31. The largest absolute Gasteiger partial charge is 0.327 e. The summed E-state index contributed by atoms with van der Waals surface area (Å²) in [5, 5.41) is 4.33. The third-order valence-electron chi connectivity index (χ3n) is 2.87. The normalized spacial score (nSPS) is 16.4. The van der Waals surface area contributed by atoms with Crippen molar-refractivity contribution in [2.24, 2.45) is 11.1 Å². The zero-order valence-corrected chi connectivity index (χ0v) is 11.8. The van der Waals surface area contributed by atoms with Crippen molar-refractivity contribution < 1.29 is 0 Å². The van der Waals surface area contributed by atoms with Crippen LogP contribution in [0.15, 0.2) is 16.8 Å². The van der Waals surface area contributed by atoms with Gasteiger partial charge in [-0.05, 0) is 41.8 Å². The SMILES string of the molecule is CC(N)C(N(C)Cc1ccsc1)C(C)(C)C. The van der Waals surface area contributed by atoms with Gasteiger partial charge in [-0.15, -0.1) is 0 Å². The molecule has 0 aliphatic carbocycles. The molecule has 2 atom stereocenters. The van der Waals surface area contributed by atoms with E-state index in [2.05, 4.69) is 56.5 Å². The third kappa shape index (κ3) is 3.58. The Morgan fingerprint density at radius 2 is 2.06 bits per heavy atom. The van der Waals surface area contributed by atoms with Crippen LogP contribution in [0.3, 0.4) is 0 Å². The number of thiophene rings is 1. The third-order valence-corrected chi connectivity index (χ3v) is 3.60. The van der Waals surface area contributed by atoms with Crippen LogP contribution in [-0.2, 0) is 6.54 Å². The fourth-order valence-electron chi connectivity index (χ4n) is 2.62. The lowest BCUT2D eigenvalue weighted by molar-refractivity contribution is 0.100. The van der Waals surface area contributed by atoms with E-state index in [0.29, 0.717) is 6.04 Å². The lowest BCUT2D eigenvalue weighted by Gasteiger charge is -2.40. The number of nitrogens with two attached hydrogens (primary N) is 1. The molecule has 1 aromatic heterocycles. The summed E-state index contributed by atoms with van der Waals surface area (Å²) in [6.45, 7) is 9.84. The summed E-state index contributed by atoms with van der Waals surface area (Å²) in [4.78, 5) is 2.37. The highest BCUT2D eigenvalue weighted by atomic mass is 32.1. The lowest BCUT2D eigenvalue weighted by atomic mass is 9.82. The Hall–Kier alpha value is -0.380. The van der Waals surface area contributed by atoms with Gasteiger partial charge in [-0.2, -0.15) is 11.3 Å². The second-order valence-electron chi connectivity index (χ2n) is 5.72. The molecule has 1 aromatic rings. The van der Waals surface area contributed by atoms with Crippen LogP contribution in [0, 0.1) is 5.41 Å². The van der Waals surface area contributed by atoms with Crippen LogP contribution in [0.2, 0.25) is 0 Å². The monoisotopic (exact) mass is 240 g/mol. The molecule has 0 saturated heterocycles. The van der Waals surface area contributed by atoms with Gasteiger partial charge in [-0.1, -0.05) is 20.8 Å². The van der Waals surface area contributed by atoms with Crippen molar-refractivity contribution in [1.82, 2.24) is 4.90 Å². The maximum Gasteiger partial charge on any atom is 0.0293 e. The summed E-state index contributed by atoms with van der Waals surface area (Å²) < 4.78 is 0. The molecule has 92 valence electrons. The highest BCUT2D eigenvalue weighted by Crippen LogP contribution is 2.26. The first kappa shape index (κ1) is 13.7. The number of hydrogen-bond donors (Lipinski definition) is 1. The summed E-state index contributed by atoms with van der Waals surface area (Å²) >= 11 is 1.75. The van der Waals surface area contributed by atoms with Crippen molar-refractivity contribution in [3.05, 3.63) is 22.4 Å². The Labute approximate surface area is 103 Å². The van der Waals surface area contributed by atoms with Crippen molar-refractivity contribution in [2.45, 2.75) is 46.3 Å².